The normalized spacial score (nSPS) is 14.3. The van der Waals surface area contributed by atoms with Crippen LogP contribution in [-0.2, 0) is 47.9 Å². The number of nitrogens with one attached hydrogen (secondary N) is 3. The van der Waals surface area contributed by atoms with Gasteiger partial charge in [-0.2, -0.15) is 0 Å². The van der Waals surface area contributed by atoms with Crippen LogP contribution in [0.1, 0.15) is 68.1 Å². The Balaban J connectivity index is 2.20. The summed E-state index contributed by atoms with van der Waals surface area (Å²) in [5.41, 5.74) is 0.440. The van der Waals surface area contributed by atoms with Gasteiger partial charge >= 0.3 is 23.9 Å². The Hall–Kier alpha value is -6.07. The predicted molar refractivity (Wildman–Crippen MR) is 207 cm³/mol. The van der Waals surface area contributed by atoms with Crippen molar-refractivity contribution >= 4 is 94.0 Å². The summed E-state index contributed by atoms with van der Waals surface area (Å²) in [5, 5.41) is 44.8. The maximum Gasteiger partial charge on any atom is 0.326 e. The van der Waals surface area contributed by atoms with Gasteiger partial charge < -0.3 is 41.3 Å². The zero-order valence-electron chi connectivity index (χ0n) is 31.1. The fourth-order valence-corrected chi connectivity index (χ4v) is 5.93. The van der Waals surface area contributed by atoms with E-state index in [1.807, 2.05) is 6.07 Å². The van der Waals surface area contributed by atoms with E-state index >= 15 is 0 Å². The standard InChI is InChI=1S/C36H43IN6O15/c1-42(35(56)23(9-14-30(49)50)40-26(44)19-43-27(45)11-12-28(43)46)25(10-15-31(51)52)34(55)39-18-21(8-13-29(47)48)33(54)41-24(36(57)58)7-2-3-16-38-32(53)20-5-4-6-22(37)17-20/h4-6,11-12,17-18,21,23-25H,2-3,7-10,13-16,19H2,1H3,(H,38,53)(H,40,44)(H,41,54)(H,47,48)(H,49,50)(H,51,52)(H,57,58)/t21?,23-,24?,25-/m0/s1. The van der Waals surface area contributed by atoms with Crippen LogP contribution in [0.15, 0.2) is 41.4 Å². The van der Waals surface area contributed by atoms with Crippen molar-refractivity contribution in [1.82, 2.24) is 25.8 Å². The molecule has 314 valence electrons. The fraction of sp³-hybridized carbons (Fsp3) is 0.444. The van der Waals surface area contributed by atoms with Gasteiger partial charge in [-0.15, -0.1) is 0 Å². The molecule has 1 aliphatic heterocycles. The molecule has 4 atom stereocenters. The van der Waals surface area contributed by atoms with E-state index in [-0.39, 0.29) is 25.3 Å². The molecule has 1 aliphatic rings. The van der Waals surface area contributed by atoms with Crippen LogP contribution in [0.4, 0.5) is 0 Å². The Kier molecular flexibility index (Phi) is 19.8. The maximum absolute atomic E-state index is 13.6. The van der Waals surface area contributed by atoms with Gasteiger partial charge in [0.2, 0.25) is 17.7 Å². The van der Waals surface area contributed by atoms with Crippen LogP contribution in [0.25, 0.3) is 0 Å². The number of imide groups is 1. The highest BCUT2D eigenvalue weighted by molar-refractivity contribution is 14.1. The molecular formula is C36H43IN6O15. The first kappa shape index (κ1) is 48.1. The van der Waals surface area contributed by atoms with E-state index in [0.717, 1.165) is 29.0 Å². The van der Waals surface area contributed by atoms with Crippen LogP contribution >= 0.6 is 22.6 Å². The second kappa shape index (κ2) is 23.9. The van der Waals surface area contributed by atoms with Crippen LogP contribution in [0, 0.1) is 9.49 Å². The number of hydrogen-bond acceptors (Lipinski definition) is 11. The first-order valence-electron chi connectivity index (χ1n) is 17.7. The van der Waals surface area contributed by atoms with Gasteiger partial charge in [0.15, 0.2) is 0 Å². The first-order chi connectivity index (χ1) is 27.3. The lowest BCUT2D eigenvalue weighted by molar-refractivity contribution is -0.145. The highest BCUT2D eigenvalue weighted by atomic mass is 127. The number of halogens is 1. The van der Waals surface area contributed by atoms with E-state index in [1.54, 1.807) is 18.2 Å². The Morgan fingerprint density at radius 2 is 1.41 bits per heavy atom. The van der Waals surface area contributed by atoms with Crippen LogP contribution in [0.3, 0.4) is 0 Å². The molecule has 0 spiro atoms. The second-order valence-corrected chi connectivity index (χ2v) is 14.1. The van der Waals surface area contributed by atoms with Gasteiger partial charge in [-0.05, 0) is 79.3 Å². The van der Waals surface area contributed by atoms with Crippen molar-refractivity contribution in [3.63, 3.8) is 0 Å². The van der Waals surface area contributed by atoms with Gasteiger partial charge in [0.05, 0.1) is 5.92 Å². The van der Waals surface area contributed by atoms with Gasteiger partial charge in [0.25, 0.3) is 23.6 Å². The lowest BCUT2D eigenvalue weighted by atomic mass is 10.0. The molecule has 0 radical (unpaired) electrons. The molecule has 0 fully saturated rings. The third-order valence-electron chi connectivity index (χ3n) is 8.51. The molecule has 1 heterocycles. The summed E-state index contributed by atoms with van der Waals surface area (Å²) in [6, 6.07) is 2.06. The molecule has 0 saturated carbocycles. The van der Waals surface area contributed by atoms with Gasteiger partial charge in [-0.1, -0.05) is 6.07 Å². The van der Waals surface area contributed by atoms with Crippen LogP contribution in [0.2, 0.25) is 0 Å². The average molecular weight is 927 g/mol. The van der Waals surface area contributed by atoms with Gasteiger partial charge in [0.1, 0.15) is 24.7 Å². The molecule has 2 rings (SSSR count). The minimum absolute atomic E-state index is 0.0901. The van der Waals surface area contributed by atoms with E-state index in [2.05, 4.69) is 43.5 Å². The molecule has 58 heavy (non-hydrogen) atoms. The highest BCUT2D eigenvalue weighted by Crippen LogP contribution is 2.15. The van der Waals surface area contributed by atoms with Gasteiger partial charge in [0, 0.05) is 60.4 Å². The Morgan fingerprint density at radius 1 is 0.810 bits per heavy atom. The highest BCUT2D eigenvalue weighted by Gasteiger charge is 2.34. The maximum atomic E-state index is 13.6. The Morgan fingerprint density at radius 3 is 2.00 bits per heavy atom. The third-order valence-corrected chi connectivity index (χ3v) is 9.18. The van der Waals surface area contributed by atoms with Crippen molar-refractivity contribution in [1.29, 1.82) is 0 Å². The summed E-state index contributed by atoms with van der Waals surface area (Å²) in [7, 11) is 1.04. The Bertz CT molecular complexity index is 1810. The van der Waals surface area contributed by atoms with Crippen molar-refractivity contribution in [2.24, 2.45) is 10.9 Å². The van der Waals surface area contributed by atoms with Crippen molar-refractivity contribution in [3.8, 4) is 0 Å². The van der Waals surface area contributed by atoms with Gasteiger partial charge in [-0.25, -0.2) is 9.79 Å². The molecular weight excluding hydrogens is 883 g/mol. The lowest BCUT2D eigenvalue weighted by Gasteiger charge is -2.30. The average Bonchev–Trinajstić information content (AvgIpc) is 3.46. The van der Waals surface area contributed by atoms with E-state index in [1.165, 1.54) is 0 Å². The summed E-state index contributed by atoms with van der Waals surface area (Å²) in [5.74, 6) is -13.3. The summed E-state index contributed by atoms with van der Waals surface area (Å²) >= 11 is 2.06. The fourth-order valence-electron chi connectivity index (χ4n) is 5.38. The molecule has 2 unspecified atom stereocenters. The summed E-state index contributed by atoms with van der Waals surface area (Å²) in [6.07, 6.45) is -0.467. The van der Waals surface area contributed by atoms with Crippen LogP contribution in [-0.4, -0.2) is 140 Å². The van der Waals surface area contributed by atoms with Crippen molar-refractivity contribution < 1.29 is 73.2 Å². The van der Waals surface area contributed by atoms with Crippen LogP contribution < -0.4 is 16.0 Å². The molecule has 7 N–H and O–H groups in total. The largest absolute Gasteiger partial charge is 0.481 e. The molecule has 22 heteroatoms. The number of aliphatic imine (C=N–C) groups is 1. The second-order valence-electron chi connectivity index (χ2n) is 12.9. The Labute approximate surface area is 344 Å². The monoisotopic (exact) mass is 926 g/mol. The number of hydrogen-bond donors (Lipinski definition) is 7. The smallest absolute Gasteiger partial charge is 0.326 e. The predicted octanol–water partition coefficient (Wildman–Crippen LogP) is -0.194. The number of rotatable bonds is 25. The number of likely N-dealkylation sites (N-methyl/N-ethyl adjacent to an activating group) is 1. The summed E-state index contributed by atoms with van der Waals surface area (Å²) < 4.78 is 0.857. The SMILES string of the molecule is CN(C(=O)[C@H](CCC(=O)O)NC(=O)CN1C(=O)C=CC1=O)[C@@H](CCC(=O)O)C(=O)N=CC(CCC(=O)O)C(=O)NC(CCCCNC(=O)c1cccc(I)c1)C(=O)O. The molecule has 1 aromatic rings. The summed E-state index contributed by atoms with van der Waals surface area (Å²) in [6.45, 7) is -0.627. The molecule has 0 aliphatic carbocycles. The number of carboxylic acid groups (broad SMARTS) is 4. The van der Waals surface area contributed by atoms with E-state index < -0.39 is 128 Å². The minimum atomic E-state index is -1.68. The van der Waals surface area contributed by atoms with Crippen molar-refractivity contribution in [2.45, 2.75) is 75.9 Å². The number of unbranched alkanes of at least 4 members (excludes halogenated alkanes) is 1. The molecule has 0 bridgehead atoms. The van der Waals surface area contributed by atoms with Crippen molar-refractivity contribution in [2.75, 3.05) is 20.1 Å². The van der Waals surface area contributed by atoms with E-state index in [0.29, 0.717) is 21.8 Å². The number of carbonyl (C=O) groups excluding carboxylic acids is 7. The number of aliphatic carboxylic acids is 4. The van der Waals surface area contributed by atoms with Gasteiger partial charge in [-0.3, -0.25) is 52.8 Å². The molecule has 0 saturated heterocycles. The van der Waals surface area contributed by atoms with E-state index in [4.69, 9.17) is 0 Å². The van der Waals surface area contributed by atoms with Crippen LogP contribution in [0.5, 0.6) is 0 Å². The first-order valence-corrected chi connectivity index (χ1v) is 18.8. The molecule has 7 amide bonds. The summed E-state index contributed by atoms with van der Waals surface area (Å²) in [4.78, 5) is 140. The van der Waals surface area contributed by atoms with Crippen molar-refractivity contribution in [3.05, 3.63) is 45.6 Å². The molecule has 0 aromatic heterocycles. The molecule has 21 nitrogen and oxygen atoms in total. The topological polar surface area (TPSA) is 324 Å². The number of carboxylic acids is 4. The number of carbonyl (C=O) groups is 11. The van der Waals surface area contributed by atoms with E-state index in [9.17, 15) is 73.2 Å². The quantitative estimate of drug-likeness (QED) is 0.0289. The minimum Gasteiger partial charge on any atom is -0.481 e. The molecule has 1 aromatic carbocycles. The number of amides is 7. The zero-order chi connectivity index (χ0) is 43.5. The third kappa shape index (κ3) is 16.6. The number of nitrogens with zero attached hydrogens (tertiary/aromatic N) is 3. The lowest BCUT2D eigenvalue weighted by Crippen LogP contribution is -2.54. The zero-order valence-corrected chi connectivity index (χ0v) is 33.3. The number of benzene rings is 1.